The van der Waals surface area contributed by atoms with Gasteiger partial charge in [0.15, 0.2) is 5.79 Å². The fraction of sp³-hybridized carbons (Fsp3) is 0.964. The van der Waals surface area contributed by atoms with Gasteiger partial charge in [0.2, 0.25) is 0 Å². The maximum absolute atomic E-state index is 12.2. The minimum absolute atomic E-state index is 0.0957. The van der Waals surface area contributed by atoms with E-state index in [2.05, 4.69) is 34.6 Å². The van der Waals surface area contributed by atoms with Crippen molar-refractivity contribution in [3.05, 3.63) is 0 Å². The summed E-state index contributed by atoms with van der Waals surface area (Å²) in [5.41, 5.74) is -0.805. The summed E-state index contributed by atoms with van der Waals surface area (Å²) in [6, 6.07) is 0. The van der Waals surface area contributed by atoms with Gasteiger partial charge in [-0.25, -0.2) is 0 Å². The minimum atomic E-state index is -0.964. The normalized spacial score (nSPS) is 60.7. The Labute approximate surface area is 194 Å². The topological polar surface area (TPSA) is 55.8 Å². The van der Waals surface area contributed by atoms with Crippen LogP contribution in [0.4, 0.5) is 0 Å². The maximum Gasteiger partial charge on any atom is 0.198 e. The first-order valence-electron chi connectivity index (χ1n) is 13.5. The van der Waals surface area contributed by atoms with E-state index in [1.54, 1.807) is 0 Å². The largest absolute Gasteiger partial charge is 0.384 e. The van der Waals surface area contributed by atoms with Gasteiger partial charge in [-0.15, -0.1) is 0 Å². The molecule has 6 rings (SSSR count). The first-order chi connectivity index (χ1) is 14.8. The highest BCUT2D eigenvalue weighted by atomic mass is 16.7. The number of carbonyl (C=O) groups excluding carboxylic acids is 1. The first-order valence-corrected chi connectivity index (χ1v) is 13.5. The van der Waals surface area contributed by atoms with Gasteiger partial charge in [-0.1, -0.05) is 20.8 Å². The van der Waals surface area contributed by atoms with Crippen LogP contribution in [0.2, 0.25) is 0 Å². The molecule has 4 aliphatic carbocycles. The highest BCUT2D eigenvalue weighted by Gasteiger charge is 2.76. The molecule has 180 valence electrons. The van der Waals surface area contributed by atoms with E-state index in [0.29, 0.717) is 34.9 Å². The summed E-state index contributed by atoms with van der Waals surface area (Å²) in [5.74, 6) is 2.78. The Kier molecular flexibility index (Phi) is 4.41. The second-order valence-electron chi connectivity index (χ2n) is 14.0. The van der Waals surface area contributed by atoms with Gasteiger partial charge in [0, 0.05) is 25.2 Å². The Morgan fingerprint density at radius 3 is 2.41 bits per heavy atom. The van der Waals surface area contributed by atoms with E-state index in [4.69, 9.17) is 9.47 Å². The number of rotatable bonds is 0. The molecule has 0 radical (unpaired) electrons. The fourth-order valence-corrected chi connectivity index (χ4v) is 10.4. The van der Waals surface area contributed by atoms with Crippen LogP contribution in [0, 0.1) is 46.3 Å². The number of carbonyl (C=O) groups is 1. The third-order valence-corrected chi connectivity index (χ3v) is 12.4. The van der Waals surface area contributed by atoms with Crippen LogP contribution in [0.5, 0.6) is 0 Å². The molecular formula is C28H44O4. The predicted molar refractivity (Wildman–Crippen MR) is 123 cm³/mol. The molecule has 11 unspecified atom stereocenters. The molecule has 4 nitrogen and oxygen atoms in total. The van der Waals surface area contributed by atoms with Crippen LogP contribution in [0.15, 0.2) is 0 Å². The van der Waals surface area contributed by atoms with Crippen LogP contribution in [0.1, 0.15) is 99.3 Å². The Bertz CT molecular complexity index is 833. The van der Waals surface area contributed by atoms with Crippen molar-refractivity contribution in [3.63, 3.8) is 0 Å². The van der Waals surface area contributed by atoms with E-state index in [1.807, 2.05) is 6.92 Å². The molecule has 4 heteroatoms. The smallest absolute Gasteiger partial charge is 0.198 e. The molecule has 0 bridgehead atoms. The molecule has 1 N–H and O–H groups in total. The van der Waals surface area contributed by atoms with Gasteiger partial charge < -0.3 is 14.6 Å². The summed E-state index contributed by atoms with van der Waals surface area (Å²) in [6.07, 6.45) is 9.52. The van der Waals surface area contributed by atoms with Crippen LogP contribution in [0.25, 0.3) is 0 Å². The highest BCUT2D eigenvalue weighted by molar-refractivity contribution is 5.79. The van der Waals surface area contributed by atoms with Crippen molar-refractivity contribution >= 4 is 5.78 Å². The Hall–Kier alpha value is -0.450. The van der Waals surface area contributed by atoms with Crippen molar-refractivity contribution in [1.82, 2.24) is 0 Å². The Morgan fingerprint density at radius 1 is 0.969 bits per heavy atom. The van der Waals surface area contributed by atoms with Crippen LogP contribution in [-0.2, 0) is 14.3 Å². The zero-order chi connectivity index (χ0) is 22.9. The summed E-state index contributed by atoms with van der Waals surface area (Å²) >= 11 is 0. The standard InChI is InChI=1S/C28H44O4/c1-16-15-28(32-24(16,2)3)27(6,30)23-22(31-28)14-21-19-8-7-17-13-18(29)9-11-25(17,4)20(19)10-12-26(21,23)5/h16-17,19-23,30H,7-15H2,1-6H3. The quantitative estimate of drug-likeness (QED) is 0.536. The molecule has 11 atom stereocenters. The average Bonchev–Trinajstić information content (AvgIpc) is 3.20. The fourth-order valence-electron chi connectivity index (χ4n) is 10.4. The van der Waals surface area contributed by atoms with E-state index < -0.39 is 11.4 Å². The molecule has 6 fully saturated rings. The van der Waals surface area contributed by atoms with Crippen molar-refractivity contribution in [2.75, 3.05) is 0 Å². The van der Waals surface area contributed by atoms with Crippen molar-refractivity contribution in [2.45, 2.75) is 122 Å². The summed E-state index contributed by atoms with van der Waals surface area (Å²) < 4.78 is 13.4. The minimum Gasteiger partial charge on any atom is -0.384 e. The van der Waals surface area contributed by atoms with Gasteiger partial charge in [-0.3, -0.25) is 4.79 Å². The van der Waals surface area contributed by atoms with Gasteiger partial charge in [-0.05, 0) is 99.7 Å². The lowest BCUT2D eigenvalue weighted by atomic mass is 9.44. The summed E-state index contributed by atoms with van der Waals surface area (Å²) in [7, 11) is 0. The second kappa shape index (κ2) is 6.40. The molecule has 32 heavy (non-hydrogen) atoms. The second-order valence-corrected chi connectivity index (χ2v) is 14.0. The molecule has 2 heterocycles. The van der Waals surface area contributed by atoms with Crippen molar-refractivity contribution in [3.8, 4) is 0 Å². The molecule has 0 aromatic carbocycles. The molecule has 1 spiro atoms. The van der Waals surface area contributed by atoms with E-state index in [1.165, 1.54) is 25.7 Å². The molecule has 4 saturated carbocycles. The highest BCUT2D eigenvalue weighted by Crippen LogP contribution is 2.72. The first kappa shape index (κ1) is 22.0. The Balaban J connectivity index is 1.31. The third-order valence-electron chi connectivity index (χ3n) is 12.4. The number of hydrogen-bond acceptors (Lipinski definition) is 4. The third kappa shape index (κ3) is 2.53. The monoisotopic (exact) mass is 444 g/mol. The summed E-state index contributed by atoms with van der Waals surface area (Å²) in [5, 5.41) is 12.1. The lowest BCUT2D eigenvalue weighted by molar-refractivity contribution is -0.299. The molecule has 2 aliphatic heterocycles. The lowest BCUT2D eigenvalue weighted by Crippen LogP contribution is -2.59. The van der Waals surface area contributed by atoms with Crippen LogP contribution in [-0.4, -0.2) is 34.0 Å². The van der Waals surface area contributed by atoms with Crippen molar-refractivity contribution < 1.29 is 19.4 Å². The van der Waals surface area contributed by atoms with Gasteiger partial charge in [0.25, 0.3) is 0 Å². The van der Waals surface area contributed by atoms with Crippen molar-refractivity contribution in [1.29, 1.82) is 0 Å². The van der Waals surface area contributed by atoms with Crippen LogP contribution < -0.4 is 0 Å². The van der Waals surface area contributed by atoms with E-state index in [-0.39, 0.29) is 23.0 Å². The number of hydrogen-bond donors (Lipinski definition) is 1. The van der Waals surface area contributed by atoms with Crippen molar-refractivity contribution in [2.24, 2.45) is 46.3 Å². The molecule has 2 saturated heterocycles. The van der Waals surface area contributed by atoms with Gasteiger partial charge in [0.1, 0.15) is 11.4 Å². The van der Waals surface area contributed by atoms with Gasteiger partial charge in [0.05, 0.1) is 11.7 Å². The number of ether oxygens (including phenoxy) is 2. The summed E-state index contributed by atoms with van der Waals surface area (Å²) in [4.78, 5) is 12.2. The van der Waals surface area contributed by atoms with Crippen LogP contribution in [0.3, 0.4) is 0 Å². The number of aliphatic hydroxyl groups is 1. The van der Waals surface area contributed by atoms with Gasteiger partial charge in [-0.2, -0.15) is 0 Å². The van der Waals surface area contributed by atoms with E-state index in [9.17, 15) is 9.90 Å². The van der Waals surface area contributed by atoms with E-state index >= 15 is 0 Å². The molecule has 6 aliphatic rings. The zero-order valence-electron chi connectivity index (χ0n) is 21.1. The lowest BCUT2D eigenvalue weighted by Gasteiger charge is -2.61. The molecule has 0 aromatic rings. The zero-order valence-corrected chi connectivity index (χ0v) is 21.1. The Morgan fingerprint density at radius 2 is 1.72 bits per heavy atom. The predicted octanol–water partition coefficient (Wildman–Crippen LogP) is 5.51. The molecular weight excluding hydrogens is 400 g/mol. The molecule has 0 aromatic heterocycles. The van der Waals surface area contributed by atoms with Crippen LogP contribution >= 0.6 is 0 Å². The number of ketones is 1. The molecule has 0 amide bonds. The van der Waals surface area contributed by atoms with Gasteiger partial charge >= 0.3 is 0 Å². The van der Waals surface area contributed by atoms with E-state index in [0.717, 1.165) is 38.0 Å². The number of fused-ring (bicyclic) bond motifs is 7. The number of Topliss-reactive ketones (excluding diaryl/α,β-unsaturated/α-hetero) is 1. The SMILES string of the molecule is CC1CC2(OC3CC4C5CCC6CC(=O)CCC6(C)C5CCC4(C)C3C2(C)O)OC1(C)C. The average molecular weight is 445 g/mol. The maximum atomic E-state index is 12.2. The summed E-state index contributed by atoms with van der Waals surface area (Å²) in [6.45, 7) is 13.5.